The topological polar surface area (TPSA) is 81.2 Å². The molecule has 132 valence electrons. The smallest absolute Gasteiger partial charge is 0.340 e. The predicted octanol–water partition coefficient (Wildman–Crippen LogP) is 3.30. The van der Waals surface area contributed by atoms with Crippen LogP contribution in [0, 0.1) is 6.92 Å². The summed E-state index contributed by atoms with van der Waals surface area (Å²) in [6.45, 7) is 3.58. The fraction of sp³-hybridized carbons (Fsp3) is 0.200. The number of ether oxygens (including phenoxy) is 1. The summed E-state index contributed by atoms with van der Waals surface area (Å²) < 4.78 is 5.16. The highest BCUT2D eigenvalue weighted by Crippen LogP contribution is 2.21. The summed E-state index contributed by atoms with van der Waals surface area (Å²) in [7, 11) is 0. The highest BCUT2D eigenvalue weighted by atomic mass is 16.5. The molecule has 0 aliphatic rings. The van der Waals surface area contributed by atoms with Gasteiger partial charge in [0.25, 0.3) is 5.91 Å². The second-order valence-electron chi connectivity index (χ2n) is 5.82. The fourth-order valence-electron chi connectivity index (χ4n) is 2.74. The number of aromatic nitrogens is 2. The van der Waals surface area contributed by atoms with Crippen LogP contribution in [-0.4, -0.2) is 28.5 Å². The Bertz CT molecular complexity index is 964. The van der Waals surface area contributed by atoms with Crippen molar-refractivity contribution in [3.8, 4) is 0 Å². The molecule has 0 spiro atoms. The Morgan fingerprint density at radius 2 is 1.85 bits per heavy atom. The molecule has 26 heavy (non-hydrogen) atoms. The van der Waals surface area contributed by atoms with Crippen LogP contribution in [0.25, 0.3) is 11.0 Å². The van der Waals surface area contributed by atoms with Gasteiger partial charge >= 0.3 is 5.97 Å². The first-order valence-corrected chi connectivity index (χ1v) is 8.35. The first-order valence-electron chi connectivity index (χ1n) is 8.35. The summed E-state index contributed by atoms with van der Waals surface area (Å²) in [5.74, 6) is -0.986. The van der Waals surface area contributed by atoms with Crippen molar-refractivity contribution in [2.75, 3.05) is 11.9 Å². The van der Waals surface area contributed by atoms with E-state index in [1.54, 1.807) is 24.4 Å². The zero-order valence-corrected chi connectivity index (χ0v) is 14.7. The number of carbonyl (C=O) groups excluding carboxylic acids is 2. The molecular weight excluding hydrogens is 330 g/mol. The minimum absolute atomic E-state index is 0.286. The summed E-state index contributed by atoms with van der Waals surface area (Å²) in [5, 5.41) is 2.83. The van der Waals surface area contributed by atoms with Crippen molar-refractivity contribution < 1.29 is 14.3 Å². The third kappa shape index (κ3) is 3.69. The van der Waals surface area contributed by atoms with Gasteiger partial charge in [-0.3, -0.25) is 14.8 Å². The van der Waals surface area contributed by atoms with Crippen LogP contribution in [0.15, 0.2) is 48.8 Å². The van der Waals surface area contributed by atoms with Crippen molar-refractivity contribution in [1.82, 2.24) is 9.97 Å². The van der Waals surface area contributed by atoms with E-state index >= 15 is 0 Å². The van der Waals surface area contributed by atoms with Gasteiger partial charge in [-0.25, -0.2) is 4.79 Å². The van der Waals surface area contributed by atoms with Crippen molar-refractivity contribution in [2.45, 2.75) is 20.3 Å². The van der Waals surface area contributed by atoms with Crippen LogP contribution < -0.4 is 5.32 Å². The number of nitrogens with zero attached hydrogens (tertiary/aromatic N) is 2. The van der Waals surface area contributed by atoms with E-state index < -0.39 is 5.97 Å². The van der Waals surface area contributed by atoms with Gasteiger partial charge in [-0.1, -0.05) is 31.2 Å². The molecule has 1 aromatic heterocycles. The maximum absolute atomic E-state index is 12.3. The van der Waals surface area contributed by atoms with E-state index in [0.29, 0.717) is 11.0 Å². The Balaban J connectivity index is 1.69. The van der Waals surface area contributed by atoms with E-state index in [2.05, 4.69) is 15.3 Å². The number of rotatable bonds is 5. The van der Waals surface area contributed by atoms with Crippen molar-refractivity contribution in [3.63, 3.8) is 0 Å². The molecule has 0 aliphatic heterocycles. The van der Waals surface area contributed by atoms with Gasteiger partial charge in [0.1, 0.15) is 5.52 Å². The molecule has 3 aromatic rings. The van der Waals surface area contributed by atoms with E-state index in [0.717, 1.165) is 23.2 Å². The Kier molecular flexibility index (Phi) is 5.22. The van der Waals surface area contributed by atoms with Crippen molar-refractivity contribution >= 4 is 28.6 Å². The molecule has 0 fully saturated rings. The zero-order chi connectivity index (χ0) is 18.5. The number of aryl methyl sites for hydroxylation is 2. The average molecular weight is 349 g/mol. The minimum Gasteiger partial charge on any atom is -0.452 e. The first-order chi connectivity index (χ1) is 12.6. The Morgan fingerprint density at radius 3 is 2.65 bits per heavy atom. The molecule has 0 aliphatic carbocycles. The number of hydrogen-bond donors (Lipinski definition) is 1. The number of para-hydroxylation sites is 2. The molecule has 1 amide bonds. The number of nitrogens with one attached hydrogen (secondary N) is 1. The standard InChI is InChI=1S/C20H19N3O3/c1-3-14-7-4-6-13(2)18(14)23-17(24)12-26-20(25)15-8-5-9-16-19(15)22-11-10-21-16/h4-11H,3,12H2,1-2H3,(H,23,24). The lowest BCUT2D eigenvalue weighted by atomic mass is 10.1. The van der Waals surface area contributed by atoms with Gasteiger partial charge in [0.05, 0.1) is 11.1 Å². The monoisotopic (exact) mass is 349 g/mol. The van der Waals surface area contributed by atoms with Crippen LogP contribution in [0.2, 0.25) is 0 Å². The summed E-state index contributed by atoms with van der Waals surface area (Å²) in [5.41, 5.74) is 4.11. The van der Waals surface area contributed by atoms with Gasteiger partial charge < -0.3 is 10.1 Å². The van der Waals surface area contributed by atoms with Crippen LogP contribution in [-0.2, 0) is 16.0 Å². The van der Waals surface area contributed by atoms with Gasteiger partial charge in [-0.05, 0) is 36.6 Å². The van der Waals surface area contributed by atoms with Gasteiger partial charge in [-0.2, -0.15) is 0 Å². The van der Waals surface area contributed by atoms with E-state index in [-0.39, 0.29) is 18.1 Å². The lowest BCUT2D eigenvalue weighted by Crippen LogP contribution is -2.22. The molecular formula is C20H19N3O3. The van der Waals surface area contributed by atoms with Crippen LogP contribution >= 0.6 is 0 Å². The number of fused-ring (bicyclic) bond motifs is 1. The van der Waals surface area contributed by atoms with Crippen LogP contribution in [0.4, 0.5) is 5.69 Å². The number of esters is 1. The largest absolute Gasteiger partial charge is 0.452 e. The fourth-order valence-corrected chi connectivity index (χ4v) is 2.74. The molecule has 3 rings (SSSR count). The first kappa shape index (κ1) is 17.5. The highest BCUT2D eigenvalue weighted by molar-refractivity contribution is 6.03. The number of carbonyl (C=O) groups is 2. The lowest BCUT2D eigenvalue weighted by Gasteiger charge is -2.13. The summed E-state index contributed by atoms with van der Waals surface area (Å²) in [6.07, 6.45) is 3.86. The van der Waals surface area contributed by atoms with E-state index in [1.807, 2.05) is 32.0 Å². The Morgan fingerprint density at radius 1 is 1.08 bits per heavy atom. The second kappa shape index (κ2) is 7.74. The minimum atomic E-state index is -0.605. The molecule has 2 aromatic carbocycles. The summed E-state index contributed by atoms with van der Waals surface area (Å²) in [4.78, 5) is 32.9. The molecule has 0 radical (unpaired) electrons. The molecule has 6 nitrogen and oxygen atoms in total. The third-order valence-corrected chi connectivity index (χ3v) is 4.06. The number of amides is 1. The molecule has 1 N–H and O–H groups in total. The summed E-state index contributed by atoms with van der Waals surface area (Å²) >= 11 is 0. The maximum Gasteiger partial charge on any atom is 0.340 e. The molecule has 0 saturated heterocycles. The predicted molar refractivity (Wildman–Crippen MR) is 99.0 cm³/mol. The number of benzene rings is 2. The zero-order valence-electron chi connectivity index (χ0n) is 14.7. The van der Waals surface area contributed by atoms with Gasteiger partial charge in [0.15, 0.2) is 6.61 Å². The third-order valence-electron chi connectivity index (χ3n) is 4.06. The summed E-state index contributed by atoms with van der Waals surface area (Å²) in [6, 6.07) is 10.9. The van der Waals surface area contributed by atoms with Crippen LogP contribution in [0.5, 0.6) is 0 Å². The molecule has 0 saturated carbocycles. The van der Waals surface area contributed by atoms with Gasteiger partial charge in [0, 0.05) is 18.1 Å². The van der Waals surface area contributed by atoms with Gasteiger partial charge in [0.2, 0.25) is 0 Å². The SMILES string of the molecule is CCc1cccc(C)c1NC(=O)COC(=O)c1cccc2nccnc12. The number of hydrogen-bond acceptors (Lipinski definition) is 5. The molecule has 0 unspecified atom stereocenters. The molecule has 1 heterocycles. The maximum atomic E-state index is 12.3. The second-order valence-corrected chi connectivity index (χ2v) is 5.82. The van der Waals surface area contributed by atoms with E-state index in [4.69, 9.17) is 4.74 Å². The average Bonchev–Trinajstić information content (AvgIpc) is 2.67. The van der Waals surface area contributed by atoms with Crippen LogP contribution in [0.1, 0.15) is 28.4 Å². The molecule has 0 bridgehead atoms. The van der Waals surface area contributed by atoms with Gasteiger partial charge in [-0.15, -0.1) is 0 Å². The highest BCUT2D eigenvalue weighted by Gasteiger charge is 2.15. The van der Waals surface area contributed by atoms with Crippen molar-refractivity contribution in [2.24, 2.45) is 0 Å². The Hall–Kier alpha value is -3.28. The molecule has 6 heteroatoms. The normalized spacial score (nSPS) is 10.5. The van der Waals surface area contributed by atoms with E-state index in [1.165, 1.54) is 6.20 Å². The number of anilines is 1. The van der Waals surface area contributed by atoms with E-state index in [9.17, 15) is 9.59 Å². The molecule has 0 atom stereocenters. The quantitative estimate of drug-likeness (QED) is 0.715. The van der Waals surface area contributed by atoms with Crippen molar-refractivity contribution in [3.05, 3.63) is 65.5 Å². The lowest BCUT2D eigenvalue weighted by molar-refractivity contribution is -0.119. The van der Waals surface area contributed by atoms with Crippen molar-refractivity contribution in [1.29, 1.82) is 0 Å². The van der Waals surface area contributed by atoms with Crippen LogP contribution in [0.3, 0.4) is 0 Å². The Labute approximate surface area is 151 Å².